The molecule has 3 aromatic rings. The van der Waals surface area contributed by atoms with Crippen molar-refractivity contribution in [2.24, 2.45) is 7.05 Å². The fourth-order valence-corrected chi connectivity index (χ4v) is 3.18. The van der Waals surface area contributed by atoms with E-state index in [2.05, 4.69) is 31.3 Å². The summed E-state index contributed by atoms with van der Waals surface area (Å²) in [4.78, 5) is 17.3. The maximum Gasteiger partial charge on any atom is 0.256 e. The number of pyridine rings is 1. The first kappa shape index (κ1) is 15.7. The van der Waals surface area contributed by atoms with Gasteiger partial charge < -0.3 is 5.32 Å². The van der Waals surface area contributed by atoms with Crippen LogP contribution in [-0.2, 0) is 7.05 Å². The molecule has 0 fully saturated rings. The number of anilines is 1. The van der Waals surface area contributed by atoms with Crippen molar-refractivity contribution in [1.29, 1.82) is 0 Å². The van der Waals surface area contributed by atoms with Gasteiger partial charge in [-0.25, -0.2) is 4.98 Å². The first-order chi connectivity index (χ1) is 10.9. The van der Waals surface area contributed by atoms with Gasteiger partial charge in [-0.2, -0.15) is 5.10 Å². The Bertz CT molecular complexity index is 930. The first-order valence-electron chi connectivity index (χ1n) is 7.25. The average Bonchev–Trinajstić information content (AvgIpc) is 2.76. The van der Waals surface area contributed by atoms with Crippen molar-refractivity contribution >= 4 is 38.6 Å². The second-order valence-electron chi connectivity index (χ2n) is 5.63. The number of nitrogens with one attached hydrogen (secondary N) is 1. The Morgan fingerprint density at radius 3 is 2.65 bits per heavy atom. The number of hydrogen-bond donors (Lipinski definition) is 1. The molecule has 0 aliphatic rings. The van der Waals surface area contributed by atoms with Crippen LogP contribution in [0.15, 0.2) is 28.7 Å². The predicted molar refractivity (Wildman–Crippen MR) is 94.8 cm³/mol. The van der Waals surface area contributed by atoms with Gasteiger partial charge in [0.1, 0.15) is 0 Å². The Kier molecular flexibility index (Phi) is 3.93. The van der Waals surface area contributed by atoms with E-state index in [0.717, 1.165) is 38.1 Å². The van der Waals surface area contributed by atoms with Crippen molar-refractivity contribution in [3.63, 3.8) is 0 Å². The Balaban J connectivity index is 2.07. The number of aromatic nitrogens is 3. The topological polar surface area (TPSA) is 59.8 Å². The molecule has 0 unspecified atom stereocenters. The van der Waals surface area contributed by atoms with Crippen LogP contribution in [0.3, 0.4) is 0 Å². The Labute approximate surface area is 142 Å². The lowest BCUT2D eigenvalue weighted by Crippen LogP contribution is -2.14. The molecule has 0 aliphatic heterocycles. The van der Waals surface area contributed by atoms with Crippen molar-refractivity contribution < 1.29 is 4.79 Å². The van der Waals surface area contributed by atoms with E-state index in [1.165, 1.54) is 0 Å². The standard InChI is InChI=1S/C17H17BrN4O/c1-9-7-12(18)5-6-14(9)20-17(23)13-8-10(2)19-16-15(13)11(3)21-22(16)4/h5-8H,1-4H3,(H,20,23). The minimum Gasteiger partial charge on any atom is -0.322 e. The number of fused-ring (bicyclic) bond motifs is 1. The van der Waals surface area contributed by atoms with E-state index in [0.29, 0.717) is 5.56 Å². The number of carbonyl (C=O) groups is 1. The number of aryl methyl sites for hydroxylation is 4. The lowest BCUT2D eigenvalue weighted by molar-refractivity contribution is 0.102. The van der Waals surface area contributed by atoms with Crippen molar-refractivity contribution in [2.45, 2.75) is 20.8 Å². The molecule has 2 heterocycles. The molecule has 0 atom stereocenters. The molecule has 0 spiro atoms. The fourth-order valence-electron chi connectivity index (χ4n) is 2.71. The van der Waals surface area contributed by atoms with E-state index in [1.807, 2.05) is 46.0 Å². The summed E-state index contributed by atoms with van der Waals surface area (Å²) in [6.07, 6.45) is 0. The zero-order valence-electron chi connectivity index (χ0n) is 13.4. The predicted octanol–water partition coefficient (Wildman–Crippen LogP) is 3.91. The minimum atomic E-state index is -0.151. The van der Waals surface area contributed by atoms with Crippen molar-refractivity contribution in [2.75, 3.05) is 5.32 Å². The van der Waals surface area contributed by atoms with Crippen LogP contribution < -0.4 is 5.32 Å². The van der Waals surface area contributed by atoms with Crippen LogP contribution in [-0.4, -0.2) is 20.7 Å². The van der Waals surface area contributed by atoms with Gasteiger partial charge in [-0.05, 0) is 50.6 Å². The highest BCUT2D eigenvalue weighted by Crippen LogP contribution is 2.24. The highest BCUT2D eigenvalue weighted by Gasteiger charge is 2.18. The van der Waals surface area contributed by atoms with E-state index in [1.54, 1.807) is 10.7 Å². The molecular weight excluding hydrogens is 356 g/mol. The highest BCUT2D eigenvalue weighted by molar-refractivity contribution is 9.10. The van der Waals surface area contributed by atoms with Gasteiger partial charge in [0, 0.05) is 22.9 Å². The molecule has 0 radical (unpaired) electrons. The minimum absolute atomic E-state index is 0.151. The van der Waals surface area contributed by atoms with Crippen LogP contribution in [0.25, 0.3) is 11.0 Å². The van der Waals surface area contributed by atoms with Crippen LogP contribution in [0.5, 0.6) is 0 Å². The summed E-state index contributed by atoms with van der Waals surface area (Å²) < 4.78 is 2.69. The number of hydrogen-bond acceptors (Lipinski definition) is 3. The molecule has 23 heavy (non-hydrogen) atoms. The summed E-state index contributed by atoms with van der Waals surface area (Å²) in [5.74, 6) is -0.151. The van der Waals surface area contributed by atoms with E-state index >= 15 is 0 Å². The molecular formula is C17H17BrN4O. The van der Waals surface area contributed by atoms with Crippen LogP contribution in [0, 0.1) is 20.8 Å². The van der Waals surface area contributed by atoms with Crippen LogP contribution in [0.2, 0.25) is 0 Å². The molecule has 1 amide bonds. The van der Waals surface area contributed by atoms with Gasteiger partial charge in [0.15, 0.2) is 5.65 Å². The molecule has 2 aromatic heterocycles. The van der Waals surface area contributed by atoms with E-state index in [4.69, 9.17) is 0 Å². The number of carbonyl (C=O) groups excluding carboxylic acids is 1. The van der Waals surface area contributed by atoms with E-state index in [-0.39, 0.29) is 5.91 Å². The van der Waals surface area contributed by atoms with Crippen molar-refractivity contribution in [3.05, 3.63) is 51.3 Å². The average molecular weight is 373 g/mol. The Morgan fingerprint density at radius 2 is 1.96 bits per heavy atom. The lowest BCUT2D eigenvalue weighted by Gasteiger charge is -2.10. The Hall–Kier alpha value is -2.21. The number of rotatable bonds is 2. The number of amides is 1. The summed E-state index contributed by atoms with van der Waals surface area (Å²) in [6.45, 7) is 5.73. The van der Waals surface area contributed by atoms with Crippen molar-refractivity contribution in [3.8, 4) is 0 Å². The molecule has 118 valence electrons. The zero-order valence-corrected chi connectivity index (χ0v) is 15.0. The zero-order chi connectivity index (χ0) is 16.7. The summed E-state index contributed by atoms with van der Waals surface area (Å²) >= 11 is 3.43. The molecule has 0 saturated carbocycles. The summed E-state index contributed by atoms with van der Waals surface area (Å²) in [6, 6.07) is 7.57. The molecule has 0 bridgehead atoms. The number of halogens is 1. The van der Waals surface area contributed by atoms with E-state index in [9.17, 15) is 4.79 Å². The maximum atomic E-state index is 12.8. The Morgan fingerprint density at radius 1 is 1.22 bits per heavy atom. The highest BCUT2D eigenvalue weighted by atomic mass is 79.9. The normalized spacial score (nSPS) is 11.0. The smallest absolute Gasteiger partial charge is 0.256 e. The van der Waals surface area contributed by atoms with Crippen molar-refractivity contribution in [1.82, 2.24) is 14.8 Å². The third-order valence-electron chi connectivity index (χ3n) is 3.78. The van der Waals surface area contributed by atoms with Crippen LogP contribution >= 0.6 is 15.9 Å². The van der Waals surface area contributed by atoms with Gasteiger partial charge in [0.05, 0.1) is 16.6 Å². The monoisotopic (exact) mass is 372 g/mol. The maximum absolute atomic E-state index is 12.8. The van der Waals surface area contributed by atoms with Crippen LogP contribution in [0.4, 0.5) is 5.69 Å². The SMILES string of the molecule is Cc1cc(C(=O)Nc2ccc(Br)cc2C)c2c(C)nn(C)c2n1. The second kappa shape index (κ2) is 5.77. The van der Waals surface area contributed by atoms with E-state index < -0.39 is 0 Å². The fraction of sp³-hybridized carbons (Fsp3) is 0.235. The summed E-state index contributed by atoms with van der Waals surface area (Å²) in [7, 11) is 1.84. The van der Waals surface area contributed by atoms with Gasteiger partial charge in [-0.1, -0.05) is 15.9 Å². The van der Waals surface area contributed by atoms with Crippen LogP contribution in [0.1, 0.15) is 27.3 Å². The largest absolute Gasteiger partial charge is 0.322 e. The number of benzene rings is 1. The van der Waals surface area contributed by atoms with Gasteiger partial charge in [0.2, 0.25) is 0 Å². The summed E-state index contributed by atoms with van der Waals surface area (Å²) in [5, 5.41) is 8.16. The van der Waals surface area contributed by atoms with Gasteiger partial charge in [-0.3, -0.25) is 9.48 Å². The quantitative estimate of drug-likeness (QED) is 0.741. The lowest BCUT2D eigenvalue weighted by atomic mass is 10.1. The molecule has 0 aliphatic carbocycles. The first-order valence-corrected chi connectivity index (χ1v) is 8.04. The third-order valence-corrected chi connectivity index (χ3v) is 4.27. The molecule has 1 aromatic carbocycles. The molecule has 0 saturated heterocycles. The third kappa shape index (κ3) is 2.86. The van der Waals surface area contributed by atoms with Gasteiger partial charge in [0.25, 0.3) is 5.91 Å². The number of nitrogens with zero attached hydrogens (tertiary/aromatic N) is 3. The molecule has 5 nitrogen and oxygen atoms in total. The van der Waals surface area contributed by atoms with Gasteiger partial charge in [-0.15, -0.1) is 0 Å². The molecule has 6 heteroatoms. The molecule has 3 rings (SSSR count). The second-order valence-corrected chi connectivity index (χ2v) is 6.55. The summed E-state index contributed by atoms with van der Waals surface area (Å²) in [5.41, 5.74) is 4.70. The van der Waals surface area contributed by atoms with Gasteiger partial charge >= 0.3 is 0 Å². The molecule has 1 N–H and O–H groups in total.